The third kappa shape index (κ3) is 3.36. The van der Waals surface area contributed by atoms with Gasteiger partial charge >= 0.3 is 18.0 Å². The molecular formula is C9H7F5N2O3. The quantitative estimate of drug-likeness (QED) is 0.577. The van der Waals surface area contributed by atoms with E-state index in [1.165, 1.54) is 5.32 Å². The second-order valence-electron chi connectivity index (χ2n) is 3.41. The summed E-state index contributed by atoms with van der Waals surface area (Å²) in [5.41, 5.74) is -0.845. The molecule has 1 aromatic carbocycles. The number of halogens is 5. The van der Waals surface area contributed by atoms with Crippen molar-refractivity contribution in [2.75, 3.05) is 5.32 Å². The van der Waals surface area contributed by atoms with Crippen molar-refractivity contribution in [3.63, 3.8) is 0 Å². The molecule has 0 spiro atoms. The lowest BCUT2D eigenvalue weighted by molar-refractivity contribution is -0.991. The molecule has 0 heterocycles. The highest BCUT2D eigenvalue weighted by molar-refractivity contribution is 5.96. The minimum absolute atomic E-state index is 0.367. The molecule has 19 heavy (non-hydrogen) atoms. The van der Waals surface area contributed by atoms with E-state index >= 15 is 0 Å². The van der Waals surface area contributed by atoms with Gasteiger partial charge in [-0.3, -0.25) is 4.79 Å². The Balaban J connectivity index is 2.92. The van der Waals surface area contributed by atoms with E-state index in [0.29, 0.717) is 0 Å². The molecule has 0 saturated carbocycles. The van der Waals surface area contributed by atoms with E-state index < -0.39 is 28.9 Å². The molecule has 1 atom stereocenters. The van der Waals surface area contributed by atoms with Crippen molar-refractivity contribution in [3.05, 3.63) is 29.5 Å². The fourth-order valence-electron chi connectivity index (χ4n) is 1.07. The van der Waals surface area contributed by atoms with Gasteiger partial charge in [0, 0.05) is 17.8 Å². The van der Waals surface area contributed by atoms with Crippen molar-refractivity contribution >= 4 is 17.3 Å². The van der Waals surface area contributed by atoms with Crippen LogP contribution in [0.25, 0.3) is 0 Å². The van der Waals surface area contributed by atoms with E-state index in [1.807, 2.05) is 0 Å². The highest BCUT2D eigenvalue weighted by Gasteiger charge is 2.63. The second-order valence-corrected chi connectivity index (χ2v) is 3.41. The van der Waals surface area contributed by atoms with Gasteiger partial charge in [-0.1, -0.05) is 6.07 Å². The molecule has 1 rings (SSSR count). The maximum absolute atomic E-state index is 12.6. The van der Waals surface area contributed by atoms with Gasteiger partial charge in [0.05, 0.1) is 0 Å². The lowest BCUT2D eigenvalue weighted by atomic mass is 10.2. The van der Waals surface area contributed by atoms with Gasteiger partial charge in [0.25, 0.3) is 0 Å². The number of alkyl halides is 5. The molecule has 0 bridgehead atoms. The number of amides is 1. The number of anilines is 1. The normalized spacial score (nSPS) is 14.1. The first-order chi connectivity index (χ1) is 8.55. The Labute approximate surface area is 102 Å². The zero-order valence-electron chi connectivity index (χ0n) is 8.96. The highest BCUT2D eigenvalue weighted by Crippen LogP contribution is 2.36. The zero-order valence-corrected chi connectivity index (χ0v) is 8.96. The summed E-state index contributed by atoms with van der Waals surface area (Å²) >= 11 is 0. The first kappa shape index (κ1) is 15.3. The van der Waals surface area contributed by atoms with Crippen LogP contribution in [0.3, 0.4) is 0 Å². The van der Waals surface area contributed by atoms with Crippen molar-refractivity contribution in [1.82, 2.24) is 0 Å². The van der Waals surface area contributed by atoms with Gasteiger partial charge < -0.3 is 10.5 Å². The summed E-state index contributed by atoms with van der Waals surface area (Å²) in [5.74, 6) is -8.14. The summed E-state index contributed by atoms with van der Waals surface area (Å²) in [6.45, 7) is 0. The van der Waals surface area contributed by atoms with E-state index in [0.717, 1.165) is 24.3 Å². The molecular weight excluding hydrogens is 279 g/mol. The Bertz CT molecular complexity index is 475. The van der Waals surface area contributed by atoms with Crippen molar-refractivity contribution in [2.24, 2.45) is 0 Å². The molecule has 0 radical (unpaired) electrons. The third-order valence-corrected chi connectivity index (χ3v) is 2.01. The Morgan fingerprint density at radius 1 is 1.26 bits per heavy atom. The largest absolute Gasteiger partial charge is 0.595 e. The van der Waals surface area contributed by atoms with Gasteiger partial charge in [-0.15, -0.1) is 0 Å². The van der Waals surface area contributed by atoms with Crippen molar-refractivity contribution in [3.8, 4) is 0 Å². The van der Waals surface area contributed by atoms with E-state index in [2.05, 4.69) is 0 Å². The van der Waals surface area contributed by atoms with Crippen LogP contribution < -0.4 is 10.5 Å². The SMILES string of the molecule is O=C(Nc1cccc([NH+]([O-])O)c1)C(F)(F)C(F)(F)F. The summed E-state index contributed by atoms with van der Waals surface area (Å²) in [4.78, 5) is 10.8. The fraction of sp³-hybridized carbons (Fsp3) is 0.222. The molecule has 106 valence electrons. The van der Waals surface area contributed by atoms with Gasteiger partial charge in [0.15, 0.2) is 5.69 Å². The van der Waals surface area contributed by atoms with Crippen LogP contribution >= 0.6 is 0 Å². The number of quaternary nitrogens is 1. The summed E-state index contributed by atoms with van der Waals surface area (Å²) in [5, 5.41) is 19.0. The van der Waals surface area contributed by atoms with Gasteiger partial charge in [0.1, 0.15) is 0 Å². The zero-order chi connectivity index (χ0) is 14.8. The second kappa shape index (κ2) is 5.07. The summed E-state index contributed by atoms with van der Waals surface area (Å²) in [7, 11) is 0. The topological polar surface area (TPSA) is 76.8 Å². The fourth-order valence-corrected chi connectivity index (χ4v) is 1.07. The number of rotatable bonds is 3. The Hall–Kier alpha value is -1.78. The van der Waals surface area contributed by atoms with Crippen LogP contribution in [-0.4, -0.2) is 23.2 Å². The maximum Gasteiger partial charge on any atom is 0.463 e. The molecule has 1 unspecified atom stereocenters. The average Bonchev–Trinajstić information content (AvgIpc) is 2.27. The van der Waals surface area contributed by atoms with Crippen molar-refractivity contribution in [2.45, 2.75) is 12.1 Å². The molecule has 5 nitrogen and oxygen atoms in total. The predicted octanol–water partition coefficient (Wildman–Crippen LogP) is 1.23. The number of carbonyl (C=O) groups excluding carboxylic acids is 1. The molecule has 10 heteroatoms. The number of hydrogen-bond donors (Lipinski definition) is 3. The third-order valence-electron chi connectivity index (χ3n) is 2.01. The number of benzene rings is 1. The standard InChI is InChI=1S/C9H7F5N2O3/c10-8(11,9(12,13)14)7(17)15-5-2-1-3-6(4-5)16(18)19/h1-4,16,18H,(H,15,17). The van der Waals surface area contributed by atoms with Gasteiger partial charge in [-0.2, -0.15) is 27.2 Å². The number of nitrogens with one attached hydrogen (secondary N) is 2. The monoisotopic (exact) mass is 286 g/mol. The van der Waals surface area contributed by atoms with Crippen LogP contribution in [0.5, 0.6) is 0 Å². The lowest BCUT2D eigenvalue weighted by Gasteiger charge is -2.19. The molecule has 0 aliphatic heterocycles. The first-order valence-electron chi connectivity index (χ1n) is 4.65. The van der Waals surface area contributed by atoms with Crippen LogP contribution in [0.1, 0.15) is 0 Å². The number of hydrogen-bond acceptors (Lipinski definition) is 3. The Kier molecular flexibility index (Phi) is 4.08. The van der Waals surface area contributed by atoms with Crippen LogP contribution in [0, 0.1) is 5.21 Å². The van der Waals surface area contributed by atoms with Crippen molar-refractivity contribution < 1.29 is 37.2 Å². The van der Waals surface area contributed by atoms with E-state index in [1.54, 1.807) is 0 Å². The molecule has 1 amide bonds. The Morgan fingerprint density at radius 3 is 2.32 bits per heavy atom. The molecule has 0 aliphatic carbocycles. The Morgan fingerprint density at radius 2 is 1.84 bits per heavy atom. The molecule has 0 saturated heterocycles. The maximum atomic E-state index is 12.6. The van der Waals surface area contributed by atoms with Crippen molar-refractivity contribution in [1.29, 1.82) is 0 Å². The van der Waals surface area contributed by atoms with Gasteiger partial charge in [0.2, 0.25) is 0 Å². The summed E-state index contributed by atoms with van der Waals surface area (Å²) < 4.78 is 60.9. The van der Waals surface area contributed by atoms with E-state index in [-0.39, 0.29) is 5.69 Å². The average molecular weight is 286 g/mol. The highest BCUT2D eigenvalue weighted by atomic mass is 19.4. The van der Waals surface area contributed by atoms with Gasteiger partial charge in [-0.05, 0) is 6.07 Å². The summed E-state index contributed by atoms with van der Waals surface area (Å²) in [6.07, 6.45) is -6.03. The van der Waals surface area contributed by atoms with Crippen LogP contribution in [0.4, 0.5) is 33.3 Å². The molecule has 0 fully saturated rings. The smallest absolute Gasteiger partial charge is 0.463 e. The molecule has 3 N–H and O–H groups in total. The lowest BCUT2D eigenvalue weighted by Crippen LogP contribution is -2.99. The number of carbonyl (C=O) groups is 1. The minimum atomic E-state index is -6.03. The molecule has 0 aliphatic rings. The van der Waals surface area contributed by atoms with Crippen LogP contribution in [-0.2, 0) is 4.79 Å². The first-order valence-corrected chi connectivity index (χ1v) is 4.65. The predicted molar refractivity (Wildman–Crippen MR) is 51.8 cm³/mol. The minimum Gasteiger partial charge on any atom is -0.595 e. The molecule has 1 aromatic rings. The molecule has 0 aromatic heterocycles. The van der Waals surface area contributed by atoms with E-state index in [4.69, 9.17) is 5.21 Å². The van der Waals surface area contributed by atoms with Crippen LogP contribution in [0.15, 0.2) is 24.3 Å². The van der Waals surface area contributed by atoms with Crippen LogP contribution in [0.2, 0.25) is 0 Å². The summed E-state index contributed by atoms with van der Waals surface area (Å²) in [6, 6.07) is 3.91. The van der Waals surface area contributed by atoms with Gasteiger partial charge in [-0.25, -0.2) is 5.21 Å². The van der Waals surface area contributed by atoms with E-state index in [9.17, 15) is 32.0 Å².